The third kappa shape index (κ3) is 3.20. The molecule has 2 rings (SSSR count). The number of nitrogens with zero attached hydrogens (tertiary/aromatic N) is 3. The maximum atomic E-state index is 12.8. The molecule has 0 amide bonds. The van der Waals surface area contributed by atoms with Gasteiger partial charge in [0.1, 0.15) is 4.90 Å². The third-order valence-corrected chi connectivity index (χ3v) is 5.96. The number of sulfonamides is 1. The Kier molecular flexibility index (Phi) is 4.85. The summed E-state index contributed by atoms with van der Waals surface area (Å²) in [4.78, 5) is 0.313. The molecule has 1 aromatic heterocycles. The number of aryl methyl sites for hydroxylation is 2. The van der Waals surface area contributed by atoms with Crippen LogP contribution in [-0.2, 0) is 16.6 Å². The summed E-state index contributed by atoms with van der Waals surface area (Å²) in [5.74, 6) is 0. The molecule has 6 nitrogen and oxygen atoms in total. The van der Waals surface area contributed by atoms with Gasteiger partial charge < -0.3 is 5.11 Å². The van der Waals surface area contributed by atoms with E-state index in [2.05, 4.69) is 5.10 Å². The Labute approximate surface area is 126 Å². The van der Waals surface area contributed by atoms with Gasteiger partial charge in [0.05, 0.1) is 11.4 Å². The van der Waals surface area contributed by atoms with Crippen LogP contribution in [0.25, 0.3) is 0 Å². The molecule has 0 unspecified atom stereocenters. The van der Waals surface area contributed by atoms with Crippen LogP contribution in [0.2, 0.25) is 0 Å². The average Bonchev–Trinajstić information content (AvgIpc) is 2.72. The van der Waals surface area contributed by atoms with Crippen molar-refractivity contribution in [2.24, 2.45) is 0 Å². The Morgan fingerprint density at radius 1 is 1.33 bits per heavy atom. The molecule has 1 aliphatic heterocycles. The van der Waals surface area contributed by atoms with Crippen LogP contribution in [0.4, 0.5) is 0 Å². The maximum absolute atomic E-state index is 12.8. The van der Waals surface area contributed by atoms with E-state index >= 15 is 0 Å². The summed E-state index contributed by atoms with van der Waals surface area (Å²) in [5, 5.41) is 13.2. The van der Waals surface area contributed by atoms with Crippen molar-refractivity contribution < 1.29 is 13.5 Å². The molecule has 0 spiro atoms. The van der Waals surface area contributed by atoms with Crippen LogP contribution in [0, 0.1) is 13.8 Å². The smallest absolute Gasteiger partial charge is 0.247 e. The van der Waals surface area contributed by atoms with Gasteiger partial charge in [-0.25, -0.2) is 8.42 Å². The molecule has 2 heterocycles. The first-order valence-corrected chi connectivity index (χ1v) is 8.62. The van der Waals surface area contributed by atoms with E-state index < -0.39 is 10.0 Å². The molecular formula is C14H23N3O3S. The van der Waals surface area contributed by atoms with Crippen LogP contribution in [0.3, 0.4) is 0 Å². The molecule has 21 heavy (non-hydrogen) atoms. The van der Waals surface area contributed by atoms with E-state index in [1.165, 1.54) is 9.88 Å². The van der Waals surface area contributed by atoms with Crippen molar-refractivity contribution in [1.29, 1.82) is 0 Å². The summed E-state index contributed by atoms with van der Waals surface area (Å²) >= 11 is 0. The molecule has 0 atom stereocenters. The minimum absolute atomic E-state index is 0.0661. The highest BCUT2D eigenvalue weighted by molar-refractivity contribution is 7.89. The summed E-state index contributed by atoms with van der Waals surface area (Å²) in [6, 6.07) is 0. The molecule has 1 aromatic rings. The van der Waals surface area contributed by atoms with Crippen LogP contribution in [0.5, 0.6) is 0 Å². The fourth-order valence-corrected chi connectivity index (χ4v) is 4.34. The van der Waals surface area contributed by atoms with E-state index in [0.717, 1.165) is 6.42 Å². The van der Waals surface area contributed by atoms with Crippen LogP contribution >= 0.6 is 0 Å². The van der Waals surface area contributed by atoms with Gasteiger partial charge in [0.25, 0.3) is 0 Å². The standard InChI is InChI=1S/C14H23N3O3S/c1-11-5-8-16(9-6-11)21(19,20)14-12(2)15-17(13(14)3)7-4-10-18/h5,18H,4,6-10H2,1-3H3. The normalized spacial score (nSPS) is 17.0. The lowest BCUT2D eigenvalue weighted by Gasteiger charge is -2.24. The van der Waals surface area contributed by atoms with Gasteiger partial charge in [0.2, 0.25) is 10.0 Å². The molecule has 0 radical (unpaired) electrons. The van der Waals surface area contributed by atoms with Gasteiger partial charge in [-0.15, -0.1) is 0 Å². The van der Waals surface area contributed by atoms with Gasteiger partial charge in [-0.3, -0.25) is 4.68 Å². The molecule has 1 aliphatic rings. The van der Waals surface area contributed by atoms with Crippen molar-refractivity contribution in [1.82, 2.24) is 14.1 Å². The molecule has 0 aliphatic carbocycles. The molecule has 118 valence electrons. The highest BCUT2D eigenvalue weighted by Gasteiger charge is 2.31. The number of hydrogen-bond acceptors (Lipinski definition) is 4. The van der Waals surface area contributed by atoms with Crippen LogP contribution < -0.4 is 0 Å². The highest BCUT2D eigenvalue weighted by atomic mass is 32.2. The van der Waals surface area contributed by atoms with E-state index in [1.807, 2.05) is 13.0 Å². The third-order valence-electron chi connectivity index (χ3n) is 3.84. The largest absolute Gasteiger partial charge is 0.396 e. The summed E-state index contributed by atoms with van der Waals surface area (Å²) in [7, 11) is -3.51. The molecule has 0 fully saturated rings. The minimum Gasteiger partial charge on any atom is -0.396 e. The maximum Gasteiger partial charge on any atom is 0.247 e. The molecule has 0 bridgehead atoms. The lowest BCUT2D eigenvalue weighted by Crippen LogP contribution is -2.35. The zero-order valence-electron chi connectivity index (χ0n) is 12.8. The Hall–Kier alpha value is -1.18. The Morgan fingerprint density at radius 3 is 2.62 bits per heavy atom. The van der Waals surface area contributed by atoms with Crippen molar-refractivity contribution >= 4 is 10.0 Å². The highest BCUT2D eigenvalue weighted by Crippen LogP contribution is 2.25. The summed E-state index contributed by atoms with van der Waals surface area (Å²) in [6.07, 6.45) is 3.30. The molecule has 0 saturated heterocycles. The fraction of sp³-hybridized carbons (Fsp3) is 0.643. The zero-order valence-corrected chi connectivity index (χ0v) is 13.7. The summed E-state index contributed by atoms with van der Waals surface area (Å²) in [6.45, 7) is 7.05. The van der Waals surface area contributed by atoms with Crippen LogP contribution in [0.15, 0.2) is 16.5 Å². The van der Waals surface area contributed by atoms with E-state index in [1.54, 1.807) is 18.5 Å². The van der Waals surface area contributed by atoms with Crippen molar-refractivity contribution in [2.75, 3.05) is 19.7 Å². The minimum atomic E-state index is -3.51. The lowest BCUT2D eigenvalue weighted by molar-refractivity contribution is 0.276. The van der Waals surface area contributed by atoms with Gasteiger partial charge in [-0.05, 0) is 33.6 Å². The number of rotatable bonds is 5. The fourth-order valence-electron chi connectivity index (χ4n) is 2.59. The van der Waals surface area contributed by atoms with Gasteiger partial charge >= 0.3 is 0 Å². The predicted octanol–water partition coefficient (Wildman–Crippen LogP) is 1.22. The first-order valence-electron chi connectivity index (χ1n) is 7.18. The topological polar surface area (TPSA) is 75.4 Å². The summed E-state index contributed by atoms with van der Waals surface area (Å²) < 4.78 is 28.8. The average molecular weight is 313 g/mol. The second-order valence-electron chi connectivity index (χ2n) is 5.46. The first-order chi connectivity index (χ1) is 9.87. The second-order valence-corrected chi connectivity index (χ2v) is 7.34. The van der Waals surface area contributed by atoms with Gasteiger partial charge in [0.15, 0.2) is 0 Å². The molecule has 7 heteroatoms. The van der Waals surface area contributed by atoms with Crippen LogP contribution in [-0.4, -0.2) is 47.3 Å². The molecule has 0 saturated carbocycles. The second kappa shape index (κ2) is 6.29. The van der Waals surface area contributed by atoms with E-state index in [0.29, 0.717) is 42.3 Å². The number of aliphatic hydroxyl groups is 1. The number of aliphatic hydroxyl groups excluding tert-OH is 1. The van der Waals surface area contributed by atoms with Crippen molar-refractivity contribution in [2.45, 2.75) is 45.1 Å². The van der Waals surface area contributed by atoms with Crippen molar-refractivity contribution in [3.05, 3.63) is 23.0 Å². The quantitative estimate of drug-likeness (QED) is 0.830. The van der Waals surface area contributed by atoms with E-state index in [9.17, 15) is 8.42 Å². The zero-order chi connectivity index (χ0) is 15.6. The SMILES string of the molecule is CC1=CCN(S(=O)(=O)c2c(C)nn(CCCO)c2C)CC1. The van der Waals surface area contributed by atoms with Gasteiger partial charge in [0, 0.05) is 26.2 Å². The number of hydrogen-bond donors (Lipinski definition) is 1. The summed E-state index contributed by atoms with van der Waals surface area (Å²) in [5.41, 5.74) is 2.40. The first kappa shape index (κ1) is 16.2. The Bertz CT molecular complexity index is 647. The van der Waals surface area contributed by atoms with E-state index in [4.69, 9.17) is 5.11 Å². The monoisotopic (exact) mass is 313 g/mol. The molecular weight excluding hydrogens is 290 g/mol. The predicted molar refractivity (Wildman–Crippen MR) is 80.5 cm³/mol. The molecule has 0 aromatic carbocycles. The molecule has 1 N–H and O–H groups in total. The van der Waals surface area contributed by atoms with Crippen LogP contribution in [0.1, 0.15) is 31.2 Å². The Balaban J connectivity index is 2.34. The van der Waals surface area contributed by atoms with Crippen molar-refractivity contribution in [3.63, 3.8) is 0 Å². The van der Waals surface area contributed by atoms with Gasteiger partial charge in [-0.1, -0.05) is 11.6 Å². The Morgan fingerprint density at radius 2 is 2.05 bits per heavy atom. The van der Waals surface area contributed by atoms with E-state index in [-0.39, 0.29) is 6.61 Å². The number of aromatic nitrogens is 2. The van der Waals surface area contributed by atoms with Crippen molar-refractivity contribution in [3.8, 4) is 0 Å². The lowest BCUT2D eigenvalue weighted by atomic mass is 10.1. The van der Waals surface area contributed by atoms with Gasteiger partial charge in [-0.2, -0.15) is 9.40 Å².